The first kappa shape index (κ1) is 80.9. The number of nitrogens with zero attached hydrogens (tertiary/aromatic N) is 6. The van der Waals surface area contributed by atoms with Crippen LogP contribution in [0.4, 0.5) is 73.8 Å². The van der Waals surface area contributed by atoms with Gasteiger partial charge in [-0.25, -0.2) is 19.7 Å². The largest absolute Gasteiger partial charge is 0.497 e. The number of carbonyl (C=O) groups is 6. The molecule has 0 unspecified atom stereocenters. The fraction of sp³-hybridized carbons (Fsp3) is 0.0843. The number of amides is 5. The zero-order chi connectivity index (χ0) is 79.8. The van der Waals surface area contributed by atoms with Crippen molar-refractivity contribution in [2.24, 2.45) is 0 Å². The summed E-state index contributed by atoms with van der Waals surface area (Å²) >= 11 is 4.71. The van der Waals surface area contributed by atoms with Crippen LogP contribution in [0.5, 0.6) is 52.1 Å². The average Bonchev–Trinajstić information content (AvgIpc) is 0.828. The molecule has 0 aliphatic rings. The molecule has 12 aromatic rings. The molecule has 0 fully saturated rings. The van der Waals surface area contributed by atoms with E-state index in [9.17, 15) is 28.8 Å². The standard InChI is InChI=1S/C29H29N5O5.C27H23N5O4.C24H21N5O3.C3H3ClO/c1-29(2,3)39-28(36)33-21-13-9-15-23(17-21)38-26-24(25(35)31-19-10-6-5-7-11-19)18-30-27(34-26)32-20-12-8-14-22(16-20)37-4;1-3-24(33)29-19-11-8-14-22(16-19)36-26-23(25(34)30-18-9-5-4-6-10-18)17-28-27(32-26)31-20-12-7-13-21(15-20)35-2;1-31-19-11-6-10-18(14-19)28-24-26-15-21(22(30)27-17-8-3-2-4-9-17)23(29-24)32-20-12-5-7-16(25)13-20;1-2-3(4)5/h5-18H,1-4H3,(H,31,35)(H,33,36)(H,30,32,34);3-17H,1H2,2H3,(H,29,33)(H,30,34)(H,28,31,32);2-15H,25H2,1H3,(H,27,30)(H,26,28,29);2H,1H2. The van der Waals surface area contributed by atoms with Crippen LogP contribution in [0, 0.1) is 0 Å². The van der Waals surface area contributed by atoms with Gasteiger partial charge in [0.1, 0.15) is 56.8 Å². The number of allylic oxidation sites excluding steroid dienone is 1. The van der Waals surface area contributed by atoms with E-state index < -0.39 is 34.7 Å². The van der Waals surface area contributed by atoms with Gasteiger partial charge in [0.15, 0.2) is 0 Å². The minimum absolute atomic E-state index is 0.0123. The van der Waals surface area contributed by atoms with Gasteiger partial charge in [-0.2, -0.15) is 15.0 Å². The first-order chi connectivity index (χ1) is 54.1. The Bertz CT molecular complexity index is 5260. The van der Waals surface area contributed by atoms with Crippen LogP contribution in [0.15, 0.2) is 280 Å². The lowest BCUT2D eigenvalue weighted by molar-refractivity contribution is -0.112. The van der Waals surface area contributed by atoms with Gasteiger partial charge in [0.25, 0.3) is 17.7 Å². The molecule has 29 heteroatoms. The van der Waals surface area contributed by atoms with Gasteiger partial charge in [-0.3, -0.25) is 29.3 Å². The van der Waals surface area contributed by atoms with Crippen molar-refractivity contribution in [2.45, 2.75) is 26.4 Å². The Labute approximate surface area is 649 Å². The number of anilines is 12. The molecule has 0 saturated heterocycles. The number of aromatic nitrogens is 6. The lowest BCUT2D eigenvalue weighted by Gasteiger charge is -2.19. The Kier molecular flexibility index (Phi) is 29.3. The number of hydrogen-bond acceptors (Lipinski definition) is 23. The zero-order valence-electron chi connectivity index (χ0n) is 61.3. The van der Waals surface area contributed by atoms with Gasteiger partial charge in [-0.1, -0.05) is 104 Å². The third-order valence-corrected chi connectivity index (χ3v) is 14.7. The average molecular weight is 1530 g/mol. The summed E-state index contributed by atoms with van der Waals surface area (Å²) in [7, 11) is 4.74. The van der Waals surface area contributed by atoms with Crippen LogP contribution in [-0.4, -0.2) is 91.8 Å². The van der Waals surface area contributed by atoms with E-state index in [2.05, 4.69) is 85.6 Å². The number of ether oxygens (including phenoxy) is 7. The van der Waals surface area contributed by atoms with Gasteiger partial charge in [-0.15, -0.1) is 0 Å². The number of nitrogens with two attached hydrogens (primary N) is 1. The monoisotopic (exact) mass is 1530 g/mol. The molecule has 3 aromatic heterocycles. The second-order valence-corrected chi connectivity index (χ2v) is 24.4. The first-order valence-electron chi connectivity index (χ1n) is 33.9. The molecule has 10 N–H and O–H groups in total. The fourth-order valence-corrected chi connectivity index (χ4v) is 9.43. The number of benzene rings is 9. The maximum Gasteiger partial charge on any atom is 0.412 e. The molecule has 112 heavy (non-hydrogen) atoms. The quantitative estimate of drug-likeness (QED) is 0.0146. The topological polar surface area (TPSA) is 367 Å². The molecule has 0 atom stereocenters. The number of nitrogens with one attached hydrogen (secondary N) is 8. The molecule has 0 aliphatic carbocycles. The fourth-order valence-electron chi connectivity index (χ4n) is 9.43. The third kappa shape index (κ3) is 26.1. The lowest BCUT2D eigenvalue weighted by atomic mass is 10.2. The van der Waals surface area contributed by atoms with Crippen LogP contribution < -0.4 is 76.7 Å². The van der Waals surface area contributed by atoms with Gasteiger partial charge in [0, 0.05) is 106 Å². The van der Waals surface area contributed by atoms with Crippen molar-refractivity contribution in [1.82, 2.24) is 29.9 Å². The summed E-state index contributed by atoms with van der Waals surface area (Å²) in [6, 6.07) is 69.2. The molecule has 5 amide bonds. The van der Waals surface area contributed by atoms with Crippen molar-refractivity contribution in [1.29, 1.82) is 0 Å². The normalized spacial score (nSPS) is 10.2. The summed E-state index contributed by atoms with van der Waals surface area (Å²) in [5, 5.41) is 22.5. The van der Waals surface area contributed by atoms with Gasteiger partial charge >= 0.3 is 6.09 Å². The molecule has 0 spiro atoms. The Morgan fingerprint density at radius 1 is 0.375 bits per heavy atom. The Hall–Kier alpha value is -15.2. The number of rotatable bonds is 25. The number of para-hydroxylation sites is 3. The van der Waals surface area contributed by atoms with E-state index in [0.29, 0.717) is 80.0 Å². The molecular weight excluding hydrogens is 1450 g/mol. The predicted octanol–water partition coefficient (Wildman–Crippen LogP) is 17.8. The summed E-state index contributed by atoms with van der Waals surface area (Å²) in [4.78, 5) is 98.7. The van der Waals surface area contributed by atoms with E-state index >= 15 is 0 Å². The molecule has 28 nitrogen and oxygen atoms in total. The Morgan fingerprint density at radius 2 is 0.670 bits per heavy atom. The molecule has 0 bridgehead atoms. The minimum atomic E-state index is -0.646. The van der Waals surface area contributed by atoms with Crippen LogP contribution in [-0.2, 0) is 14.3 Å². The third-order valence-electron chi connectivity index (χ3n) is 14.5. The Morgan fingerprint density at radius 3 is 0.982 bits per heavy atom. The molecule has 0 saturated carbocycles. The van der Waals surface area contributed by atoms with Crippen LogP contribution in [0.2, 0.25) is 0 Å². The summed E-state index contributed by atoms with van der Waals surface area (Å²) < 4.78 is 39.0. The van der Waals surface area contributed by atoms with E-state index in [4.69, 9.17) is 50.5 Å². The van der Waals surface area contributed by atoms with Crippen molar-refractivity contribution in [3.8, 4) is 52.1 Å². The lowest BCUT2D eigenvalue weighted by Crippen LogP contribution is -2.27. The highest BCUT2D eigenvalue weighted by Gasteiger charge is 2.23. The highest BCUT2D eigenvalue weighted by molar-refractivity contribution is 6.66. The van der Waals surface area contributed by atoms with Gasteiger partial charge < -0.3 is 76.1 Å². The van der Waals surface area contributed by atoms with Gasteiger partial charge in [-0.05, 0) is 154 Å². The smallest absolute Gasteiger partial charge is 0.412 e. The number of methoxy groups -OCH3 is 3. The van der Waals surface area contributed by atoms with Crippen LogP contribution in [0.1, 0.15) is 51.8 Å². The summed E-state index contributed by atoms with van der Waals surface area (Å²) in [6.45, 7) is 11.9. The molecule has 3 heterocycles. The van der Waals surface area contributed by atoms with Gasteiger partial charge in [0.05, 0.1) is 21.3 Å². The molecule has 12 rings (SSSR count). The molecular formula is C83H76ClN15O13. The van der Waals surface area contributed by atoms with Gasteiger partial charge in [0.2, 0.25) is 46.6 Å². The van der Waals surface area contributed by atoms with Crippen LogP contribution in [0.3, 0.4) is 0 Å². The first-order valence-corrected chi connectivity index (χ1v) is 34.3. The van der Waals surface area contributed by atoms with Crippen LogP contribution in [0.25, 0.3) is 0 Å². The van der Waals surface area contributed by atoms with Crippen molar-refractivity contribution < 1.29 is 61.9 Å². The molecule has 0 radical (unpaired) electrons. The summed E-state index contributed by atoms with van der Waals surface area (Å²) in [5.74, 6) is 2.29. The van der Waals surface area contributed by atoms with E-state index in [1.165, 1.54) is 24.7 Å². The van der Waals surface area contributed by atoms with Crippen molar-refractivity contribution in [3.63, 3.8) is 0 Å². The van der Waals surface area contributed by atoms with E-state index in [-0.39, 0.29) is 58.1 Å². The predicted molar refractivity (Wildman–Crippen MR) is 432 cm³/mol. The zero-order valence-corrected chi connectivity index (χ0v) is 62.0. The van der Waals surface area contributed by atoms with Crippen molar-refractivity contribution in [2.75, 3.05) is 69.6 Å². The second-order valence-electron chi connectivity index (χ2n) is 24.0. The summed E-state index contributed by atoms with van der Waals surface area (Å²) in [6.07, 6.45) is 5.78. The Balaban J connectivity index is 0.000000188. The molecule has 0 aliphatic heterocycles. The number of carbonyl (C=O) groups excluding carboxylic acids is 6. The van der Waals surface area contributed by atoms with E-state index in [1.54, 1.807) is 169 Å². The van der Waals surface area contributed by atoms with Crippen LogP contribution >= 0.6 is 11.6 Å². The minimum Gasteiger partial charge on any atom is -0.497 e. The number of hydrogen-bond donors (Lipinski definition) is 9. The van der Waals surface area contributed by atoms with E-state index in [1.807, 2.05) is 109 Å². The molecule has 9 aromatic carbocycles. The highest BCUT2D eigenvalue weighted by Crippen LogP contribution is 2.33. The SMILES string of the molecule is C=CC(=O)Cl.C=CC(=O)Nc1cccc(Oc2nc(Nc3cccc(OC)c3)ncc2C(=O)Nc2ccccc2)c1.COc1cccc(Nc2ncc(C(=O)Nc3ccccc3)c(Oc3cccc(N)c3)n2)c1.COc1cccc(Nc2ncc(C(=O)Nc3ccccc3)c(Oc3cccc(NC(=O)OC(C)(C)C)c3)n2)c1. The second kappa shape index (κ2) is 40.5. The molecule has 568 valence electrons. The van der Waals surface area contributed by atoms with Crippen molar-refractivity contribution in [3.05, 3.63) is 297 Å². The van der Waals surface area contributed by atoms with E-state index in [0.717, 1.165) is 11.8 Å². The highest BCUT2D eigenvalue weighted by atomic mass is 35.5. The van der Waals surface area contributed by atoms with Crippen molar-refractivity contribution >= 4 is 116 Å². The number of nitrogen functional groups attached to an aromatic ring is 1. The maximum absolute atomic E-state index is 13.1. The summed E-state index contributed by atoms with van der Waals surface area (Å²) in [5.41, 5.74) is 11.0. The maximum atomic E-state index is 13.1. The number of halogens is 1.